The van der Waals surface area contributed by atoms with Crippen molar-refractivity contribution < 1.29 is 9.47 Å². The lowest BCUT2D eigenvalue weighted by Gasteiger charge is -2.22. The maximum Gasteiger partial charge on any atom is 0.231 e. The van der Waals surface area contributed by atoms with Crippen molar-refractivity contribution in [2.75, 3.05) is 26.4 Å². The molecular weight excluding hydrogens is 274 g/mol. The normalized spacial score (nSPS) is 19.0. The Morgan fingerprint density at radius 1 is 1.00 bits per heavy atom. The lowest BCUT2D eigenvalue weighted by atomic mass is 9.88. The third-order valence-corrected chi connectivity index (χ3v) is 4.95. The number of likely N-dealkylation sites (tertiary alicyclic amines) is 1. The van der Waals surface area contributed by atoms with Crippen LogP contribution in [0.5, 0.6) is 11.5 Å². The molecule has 3 nitrogen and oxygen atoms in total. The van der Waals surface area contributed by atoms with Crippen molar-refractivity contribution >= 4 is 0 Å². The molecule has 0 saturated carbocycles. The molecule has 0 amide bonds. The van der Waals surface area contributed by atoms with Gasteiger partial charge in [0, 0.05) is 0 Å². The molecule has 2 aliphatic heterocycles. The summed E-state index contributed by atoms with van der Waals surface area (Å²) in [6.07, 6.45) is 6.57. The monoisotopic (exact) mass is 303 g/mol. The van der Waals surface area contributed by atoms with Crippen LogP contribution in [0.2, 0.25) is 0 Å². The second kappa shape index (κ2) is 7.36. The van der Waals surface area contributed by atoms with Crippen molar-refractivity contribution in [2.24, 2.45) is 5.92 Å². The molecule has 22 heavy (non-hydrogen) atoms. The van der Waals surface area contributed by atoms with E-state index in [0.717, 1.165) is 17.4 Å². The van der Waals surface area contributed by atoms with Crippen molar-refractivity contribution in [3.05, 3.63) is 23.8 Å². The fourth-order valence-electron chi connectivity index (χ4n) is 3.52. The fourth-order valence-corrected chi connectivity index (χ4v) is 3.52. The van der Waals surface area contributed by atoms with E-state index < -0.39 is 0 Å². The van der Waals surface area contributed by atoms with Gasteiger partial charge in [-0.15, -0.1) is 0 Å². The van der Waals surface area contributed by atoms with Gasteiger partial charge in [0.1, 0.15) is 0 Å². The Hall–Kier alpha value is -1.22. The van der Waals surface area contributed by atoms with Gasteiger partial charge in [0.15, 0.2) is 11.5 Å². The zero-order chi connectivity index (χ0) is 15.4. The average Bonchev–Trinajstić information content (AvgIpc) is 3.17. The Kier molecular flexibility index (Phi) is 5.24. The highest BCUT2D eigenvalue weighted by Crippen LogP contribution is 2.37. The van der Waals surface area contributed by atoms with Crippen LogP contribution >= 0.6 is 0 Å². The van der Waals surface area contributed by atoms with Gasteiger partial charge in [-0.3, -0.25) is 0 Å². The number of nitrogens with zero attached hydrogens (tertiary/aromatic N) is 1. The van der Waals surface area contributed by atoms with Crippen molar-refractivity contribution in [1.29, 1.82) is 0 Å². The molecule has 1 aromatic carbocycles. The van der Waals surface area contributed by atoms with E-state index in [2.05, 4.69) is 36.9 Å². The third kappa shape index (κ3) is 3.95. The first-order chi connectivity index (χ1) is 10.7. The molecule has 2 aliphatic rings. The summed E-state index contributed by atoms with van der Waals surface area (Å²) in [7, 11) is 0. The molecule has 1 atom stereocenters. The lowest BCUT2D eigenvalue weighted by Crippen LogP contribution is -2.22. The van der Waals surface area contributed by atoms with E-state index >= 15 is 0 Å². The van der Waals surface area contributed by atoms with Gasteiger partial charge in [0.25, 0.3) is 0 Å². The van der Waals surface area contributed by atoms with Gasteiger partial charge in [0.05, 0.1) is 0 Å². The topological polar surface area (TPSA) is 21.7 Å². The maximum absolute atomic E-state index is 5.56. The molecule has 122 valence electrons. The second-order valence-electron chi connectivity index (χ2n) is 7.12. The van der Waals surface area contributed by atoms with Crippen LogP contribution in [0.15, 0.2) is 18.2 Å². The minimum atomic E-state index is 0.364. The number of rotatable bonds is 7. The van der Waals surface area contributed by atoms with Gasteiger partial charge in [-0.25, -0.2) is 0 Å². The first kappa shape index (κ1) is 15.7. The molecule has 0 aliphatic carbocycles. The quantitative estimate of drug-likeness (QED) is 0.744. The molecule has 1 aromatic rings. The Bertz CT molecular complexity index is 480. The number of fused-ring (bicyclic) bond motifs is 1. The summed E-state index contributed by atoms with van der Waals surface area (Å²) in [6.45, 7) is 8.81. The molecule has 1 saturated heterocycles. The number of hydrogen-bond acceptors (Lipinski definition) is 3. The van der Waals surface area contributed by atoms with Crippen molar-refractivity contribution in [1.82, 2.24) is 4.90 Å². The van der Waals surface area contributed by atoms with E-state index in [1.54, 1.807) is 0 Å². The van der Waals surface area contributed by atoms with Gasteiger partial charge in [-0.05, 0) is 74.8 Å². The highest BCUT2D eigenvalue weighted by molar-refractivity contribution is 5.45. The van der Waals surface area contributed by atoms with Gasteiger partial charge in [0.2, 0.25) is 6.79 Å². The average molecular weight is 303 g/mol. The van der Waals surface area contributed by atoms with Gasteiger partial charge in [-0.2, -0.15) is 0 Å². The SMILES string of the molecule is CC(C)CC[C@@H](CCN1CCCC1)c1ccc2c(c1)OCO2. The van der Waals surface area contributed by atoms with Crippen molar-refractivity contribution in [3.63, 3.8) is 0 Å². The van der Waals surface area contributed by atoms with Gasteiger partial charge in [-0.1, -0.05) is 26.3 Å². The van der Waals surface area contributed by atoms with Gasteiger partial charge < -0.3 is 14.4 Å². The van der Waals surface area contributed by atoms with Crippen LogP contribution in [0, 0.1) is 5.92 Å². The summed E-state index contributed by atoms with van der Waals surface area (Å²) in [5.74, 6) is 3.22. The molecule has 3 rings (SSSR count). The summed E-state index contributed by atoms with van der Waals surface area (Å²) in [5, 5.41) is 0. The van der Waals surface area contributed by atoms with Crippen molar-refractivity contribution in [2.45, 2.75) is 51.9 Å². The predicted molar refractivity (Wildman–Crippen MR) is 89.7 cm³/mol. The van der Waals surface area contributed by atoms with Crippen LogP contribution in [0.25, 0.3) is 0 Å². The zero-order valence-electron chi connectivity index (χ0n) is 14.0. The predicted octanol–water partition coefficient (Wildman–Crippen LogP) is 4.42. The summed E-state index contributed by atoms with van der Waals surface area (Å²) in [6, 6.07) is 6.52. The number of hydrogen-bond donors (Lipinski definition) is 0. The molecule has 1 fully saturated rings. The molecule has 2 heterocycles. The smallest absolute Gasteiger partial charge is 0.231 e. The summed E-state index contributed by atoms with van der Waals surface area (Å²) >= 11 is 0. The minimum absolute atomic E-state index is 0.364. The van der Waals surface area contributed by atoms with Crippen LogP contribution in [-0.4, -0.2) is 31.3 Å². The fraction of sp³-hybridized carbons (Fsp3) is 0.684. The van der Waals surface area contributed by atoms with Crippen LogP contribution in [0.4, 0.5) is 0 Å². The Balaban J connectivity index is 1.66. The molecule has 0 radical (unpaired) electrons. The van der Waals surface area contributed by atoms with E-state index in [0.29, 0.717) is 12.7 Å². The van der Waals surface area contributed by atoms with Gasteiger partial charge >= 0.3 is 0 Å². The van der Waals surface area contributed by atoms with E-state index in [1.165, 1.54) is 57.3 Å². The Morgan fingerprint density at radius 3 is 2.55 bits per heavy atom. The zero-order valence-corrected chi connectivity index (χ0v) is 14.0. The first-order valence-electron chi connectivity index (χ1n) is 8.84. The molecule has 0 N–H and O–H groups in total. The Labute approximate surface area is 134 Å². The lowest BCUT2D eigenvalue weighted by molar-refractivity contribution is 0.174. The molecule has 0 unspecified atom stereocenters. The van der Waals surface area contributed by atoms with Crippen LogP contribution in [-0.2, 0) is 0 Å². The second-order valence-corrected chi connectivity index (χ2v) is 7.12. The molecule has 0 aromatic heterocycles. The highest BCUT2D eigenvalue weighted by atomic mass is 16.7. The van der Waals surface area contributed by atoms with E-state index in [9.17, 15) is 0 Å². The number of ether oxygens (including phenoxy) is 2. The molecule has 0 bridgehead atoms. The van der Waals surface area contributed by atoms with Crippen LogP contribution < -0.4 is 9.47 Å². The third-order valence-electron chi connectivity index (χ3n) is 4.95. The van der Waals surface area contributed by atoms with E-state index in [-0.39, 0.29) is 0 Å². The molecular formula is C19H29NO2. The summed E-state index contributed by atoms with van der Waals surface area (Å²) in [4.78, 5) is 2.62. The summed E-state index contributed by atoms with van der Waals surface area (Å²) < 4.78 is 11.0. The Morgan fingerprint density at radius 2 is 1.77 bits per heavy atom. The standard InChI is InChI=1S/C19H29NO2/c1-15(2)5-6-16(9-12-20-10-3-4-11-20)17-7-8-18-19(13-17)22-14-21-18/h7-8,13,15-16H,3-6,9-12,14H2,1-2H3/t16-/m0/s1. The summed E-state index contributed by atoms with van der Waals surface area (Å²) in [5.41, 5.74) is 1.42. The maximum atomic E-state index is 5.56. The van der Waals surface area contributed by atoms with Crippen molar-refractivity contribution in [3.8, 4) is 11.5 Å². The molecule has 3 heteroatoms. The largest absolute Gasteiger partial charge is 0.454 e. The van der Waals surface area contributed by atoms with Crippen LogP contribution in [0.1, 0.15) is 57.4 Å². The van der Waals surface area contributed by atoms with E-state index in [1.807, 2.05) is 0 Å². The first-order valence-corrected chi connectivity index (χ1v) is 8.84. The van der Waals surface area contributed by atoms with E-state index in [4.69, 9.17) is 9.47 Å². The van der Waals surface area contributed by atoms with Crippen LogP contribution in [0.3, 0.4) is 0 Å². The minimum Gasteiger partial charge on any atom is -0.454 e. The highest BCUT2D eigenvalue weighted by Gasteiger charge is 2.20. The molecule has 0 spiro atoms. The number of benzene rings is 1.